The highest BCUT2D eigenvalue weighted by Gasteiger charge is 2.31. The quantitative estimate of drug-likeness (QED) is 0.547. The number of amides is 1. The van der Waals surface area contributed by atoms with Crippen molar-refractivity contribution in [2.75, 3.05) is 40.8 Å². The summed E-state index contributed by atoms with van der Waals surface area (Å²) in [4.78, 5) is 21.8. The predicted molar refractivity (Wildman–Crippen MR) is 128 cm³/mol. The van der Waals surface area contributed by atoms with E-state index in [9.17, 15) is 4.79 Å². The lowest BCUT2D eigenvalue weighted by Crippen LogP contribution is -2.58. The predicted octanol–water partition coefficient (Wildman–Crippen LogP) is 2.39. The number of carbonyl (C=O) groups excluding carboxylic acids is 1. The SMILES string of the molecule is CC1CCCC(NC2=NCCC(NC3CCCC(C(=O)N(C)CCCN(C)C)C3)N2)C1. The van der Waals surface area contributed by atoms with Crippen molar-refractivity contribution in [2.24, 2.45) is 16.8 Å². The number of hydrogen-bond donors (Lipinski definition) is 3. The molecule has 0 spiro atoms. The van der Waals surface area contributed by atoms with E-state index < -0.39 is 0 Å². The minimum atomic E-state index is 0.161. The summed E-state index contributed by atoms with van der Waals surface area (Å²) < 4.78 is 0. The molecule has 3 aliphatic rings. The Labute approximate surface area is 189 Å². The molecule has 7 heteroatoms. The van der Waals surface area contributed by atoms with E-state index in [1.54, 1.807) is 0 Å². The van der Waals surface area contributed by atoms with Crippen LogP contribution in [0.4, 0.5) is 0 Å². The van der Waals surface area contributed by atoms with Gasteiger partial charge in [-0.25, -0.2) is 0 Å². The second-order valence-corrected chi connectivity index (χ2v) is 10.5. The summed E-state index contributed by atoms with van der Waals surface area (Å²) in [6.45, 7) is 5.09. The number of nitrogens with zero attached hydrogens (tertiary/aromatic N) is 3. The third kappa shape index (κ3) is 7.94. The minimum Gasteiger partial charge on any atom is -0.354 e. The highest BCUT2D eigenvalue weighted by atomic mass is 16.2. The Morgan fingerprint density at radius 3 is 2.58 bits per heavy atom. The van der Waals surface area contributed by atoms with Gasteiger partial charge in [0.05, 0.1) is 6.17 Å². The van der Waals surface area contributed by atoms with Crippen molar-refractivity contribution in [1.29, 1.82) is 0 Å². The molecule has 0 aromatic rings. The van der Waals surface area contributed by atoms with Gasteiger partial charge in [-0.3, -0.25) is 15.1 Å². The number of guanidine groups is 1. The van der Waals surface area contributed by atoms with Gasteiger partial charge in [0.2, 0.25) is 5.91 Å². The van der Waals surface area contributed by atoms with Crippen molar-refractivity contribution in [1.82, 2.24) is 25.8 Å². The Kier molecular flexibility index (Phi) is 9.45. The van der Waals surface area contributed by atoms with E-state index >= 15 is 0 Å². The topological polar surface area (TPSA) is 72.0 Å². The van der Waals surface area contributed by atoms with Crippen molar-refractivity contribution >= 4 is 11.9 Å². The number of aliphatic imine (C=N–C) groups is 1. The van der Waals surface area contributed by atoms with Crippen LogP contribution in [0.2, 0.25) is 0 Å². The van der Waals surface area contributed by atoms with E-state index in [-0.39, 0.29) is 12.1 Å². The number of nitrogens with one attached hydrogen (secondary N) is 3. The smallest absolute Gasteiger partial charge is 0.225 e. The Morgan fingerprint density at radius 1 is 1.03 bits per heavy atom. The molecule has 0 aromatic heterocycles. The molecule has 3 rings (SSSR count). The number of rotatable bonds is 8. The molecular formula is C24H46N6O. The molecule has 178 valence electrons. The molecular weight excluding hydrogens is 388 g/mol. The number of carbonyl (C=O) groups is 1. The summed E-state index contributed by atoms with van der Waals surface area (Å²) >= 11 is 0. The van der Waals surface area contributed by atoms with Gasteiger partial charge in [-0.1, -0.05) is 26.2 Å². The molecule has 0 saturated heterocycles. The lowest BCUT2D eigenvalue weighted by molar-refractivity contribution is -0.135. The van der Waals surface area contributed by atoms with Crippen LogP contribution < -0.4 is 16.0 Å². The molecule has 1 heterocycles. The third-order valence-electron chi connectivity index (χ3n) is 7.21. The number of hydrogen-bond acceptors (Lipinski definition) is 6. The summed E-state index contributed by atoms with van der Waals surface area (Å²) in [5, 5.41) is 11.1. The molecule has 7 nitrogen and oxygen atoms in total. The van der Waals surface area contributed by atoms with Gasteiger partial charge in [0, 0.05) is 44.6 Å². The molecule has 0 bridgehead atoms. The van der Waals surface area contributed by atoms with Crippen LogP contribution >= 0.6 is 0 Å². The minimum absolute atomic E-state index is 0.161. The van der Waals surface area contributed by atoms with Gasteiger partial charge in [-0.05, 0) is 65.1 Å². The van der Waals surface area contributed by atoms with Crippen molar-refractivity contribution < 1.29 is 4.79 Å². The van der Waals surface area contributed by atoms with E-state index in [2.05, 4.69) is 46.9 Å². The molecule has 2 aliphatic carbocycles. The Balaban J connectivity index is 1.42. The highest BCUT2D eigenvalue weighted by molar-refractivity contribution is 5.81. The first-order valence-corrected chi connectivity index (χ1v) is 12.6. The van der Waals surface area contributed by atoms with Crippen LogP contribution in [0.3, 0.4) is 0 Å². The summed E-state index contributed by atoms with van der Waals surface area (Å²) in [6.07, 6.45) is 11.7. The average Bonchev–Trinajstić information content (AvgIpc) is 2.73. The monoisotopic (exact) mass is 434 g/mol. The standard InChI is InChI=1S/C24H46N6O/c1-18-8-5-10-20(16-18)27-24-25-13-12-22(28-24)26-21-11-6-9-19(17-21)23(31)30(4)15-7-14-29(2)3/h18-22,26H,5-17H2,1-4H3,(H2,25,27,28). The van der Waals surface area contributed by atoms with Gasteiger partial charge in [0.25, 0.3) is 0 Å². The van der Waals surface area contributed by atoms with E-state index in [1.165, 1.54) is 25.7 Å². The van der Waals surface area contributed by atoms with Gasteiger partial charge in [0.1, 0.15) is 0 Å². The summed E-state index contributed by atoms with van der Waals surface area (Å²) in [7, 11) is 6.14. The molecule has 0 aromatic carbocycles. The van der Waals surface area contributed by atoms with E-state index in [4.69, 9.17) is 0 Å². The van der Waals surface area contributed by atoms with Gasteiger partial charge in [-0.2, -0.15) is 0 Å². The zero-order chi connectivity index (χ0) is 22.2. The average molecular weight is 435 g/mol. The third-order valence-corrected chi connectivity index (χ3v) is 7.21. The maximum absolute atomic E-state index is 13.0. The van der Waals surface area contributed by atoms with Crippen LogP contribution in [0.15, 0.2) is 4.99 Å². The zero-order valence-electron chi connectivity index (χ0n) is 20.3. The molecule has 3 N–H and O–H groups in total. The first kappa shape index (κ1) is 24.3. The summed E-state index contributed by atoms with van der Waals surface area (Å²) in [5.74, 6) is 2.26. The van der Waals surface area contributed by atoms with Gasteiger partial charge < -0.3 is 20.4 Å². The Morgan fingerprint density at radius 2 is 1.81 bits per heavy atom. The molecule has 5 atom stereocenters. The molecule has 5 unspecified atom stereocenters. The molecule has 2 fully saturated rings. The largest absolute Gasteiger partial charge is 0.354 e. The highest BCUT2D eigenvalue weighted by Crippen LogP contribution is 2.27. The van der Waals surface area contributed by atoms with E-state index in [1.807, 2.05) is 11.9 Å². The first-order chi connectivity index (χ1) is 14.9. The van der Waals surface area contributed by atoms with Crippen LogP contribution in [-0.4, -0.2) is 80.7 Å². The fraction of sp³-hybridized carbons (Fsp3) is 0.917. The normalized spacial score (nSPS) is 31.6. The molecule has 0 radical (unpaired) electrons. The molecule has 31 heavy (non-hydrogen) atoms. The molecule has 2 saturated carbocycles. The van der Waals surface area contributed by atoms with Crippen LogP contribution in [0.1, 0.15) is 71.1 Å². The summed E-state index contributed by atoms with van der Waals surface area (Å²) in [6, 6.07) is 0.956. The Bertz CT molecular complexity index is 595. The maximum atomic E-state index is 13.0. The summed E-state index contributed by atoms with van der Waals surface area (Å²) in [5.41, 5.74) is 0. The van der Waals surface area contributed by atoms with E-state index in [0.717, 1.165) is 70.0 Å². The Hall–Kier alpha value is -1.34. The van der Waals surface area contributed by atoms with Crippen LogP contribution in [0, 0.1) is 11.8 Å². The zero-order valence-corrected chi connectivity index (χ0v) is 20.3. The second kappa shape index (κ2) is 12.0. The van der Waals surface area contributed by atoms with Gasteiger partial charge >= 0.3 is 0 Å². The van der Waals surface area contributed by atoms with Crippen molar-refractivity contribution in [3.63, 3.8) is 0 Å². The fourth-order valence-electron chi connectivity index (χ4n) is 5.46. The van der Waals surface area contributed by atoms with Crippen molar-refractivity contribution in [3.8, 4) is 0 Å². The van der Waals surface area contributed by atoms with Crippen molar-refractivity contribution in [3.05, 3.63) is 0 Å². The van der Waals surface area contributed by atoms with Crippen LogP contribution in [0.5, 0.6) is 0 Å². The van der Waals surface area contributed by atoms with E-state index in [0.29, 0.717) is 18.0 Å². The maximum Gasteiger partial charge on any atom is 0.225 e. The lowest BCUT2D eigenvalue weighted by Gasteiger charge is -2.36. The molecule has 1 amide bonds. The fourth-order valence-corrected chi connectivity index (χ4v) is 5.46. The first-order valence-electron chi connectivity index (χ1n) is 12.6. The molecule has 1 aliphatic heterocycles. The van der Waals surface area contributed by atoms with Crippen LogP contribution in [-0.2, 0) is 4.79 Å². The lowest BCUT2D eigenvalue weighted by atomic mass is 9.84. The van der Waals surface area contributed by atoms with Crippen molar-refractivity contribution in [2.45, 2.75) is 89.4 Å². The van der Waals surface area contributed by atoms with Gasteiger partial charge in [-0.15, -0.1) is 0 Å². The van der Waals surface area contributed by atoms with Gasteiger partial charge in [0.15, 0.2) is 5.96 Å². The van der Waals surface area contributed by atoms with Crippen LogP contribution in [0.25, 0.3) is 0 Å². The second-order valence-electron chi connectivity index (χ2n) is 10.5.